The molecule has 0 fully saturated rings. The quantitative estimate of drug-likeness (QED) is 0.612. The molecule has 1 aromatic carbocycles. The van der Waals surface area contributed by atoms with E-state index < -0.39 is 10.8 Å². The highest BCUT2D eigenvalue weighted by molar-refractivity contribution is 8.15. The lowest BCUT2D eigenvalue weighted by molar-refractivity contribution is -0.588. The number of carboxylic acids is 1. The number of thioether (sulfide) groups is 1. The van der Waals surface area contributed by atoms with Gasteiger partial charge in [0, 0.05) is 6.92 Å². The van der Waals surface area contributed by atoms with Crippen LogP contribution in [0.2, 0.25) is 0 Å². The lowest BCUT2D eigenvalue weighted by atomic mass is 10.0. The molecular weight excluding hydrogens is 268 g/mol. The van der Waals surface area contributed by atoms with E-state index in [-0.39, 0.29) is 10.6 Å². The number of amidine groups is 2. The molecule has 1 aromatic rings. The van der Waals surface area contributed by atoms with Crippen LogP contribution in [-0.4, -0.2) is 27.1 Å². The molecule has 100 valence electrons. The third kappa shape index (κ3) is 1.60. The van der Waals surface area contributed by atoms with E-state index in [1.54, 1.807) is 19.1 Å². The number of hydrogen-bond acceptors (Lipinski definition) is 6. The molecule has 0 unspecified atom stereocenters. The number of rotatable bonds is 1. The Balaban J connectivity index is 0.00000133. The second kappa shape index (κ2) is 4.25. The van der Waals surface area contributed by atoms with Crippen molar-refractivity contribution in [1.82, 2.24) is 0 Å². The topological polar surface area (TPSA) is 125 Å². The van der Waals surface area contributed by atoms with Crippen molar-refractivity contribution >= 4 is 34.4 Å². The fourth-order valence-corrected chi connectivity index (χ4v) is 3.30. The smallest absolute Gasteiger partial charge is 0.274 e. The number of nitrogens with two attached hydrogens (primary N) is 1. The third-order valence-electron chi connectivity index (χ3n) is 2.95. The minimum atomic E-state index is -1.41. The standard InChI is InChI=1S/C11H10N4O2S.H2O/c1-6-13-8-5-3-2-4-7(8)11(9(16)17)15(6)14-10(12)18-11;/h2-5H,1H3,(H3,12,14,16,17);1H2/t11-;/m1./s1. The summed E-state index contributed by atoms with van der Waals surface area (Å²) in [7, 11) is 0. The van der Waals surface area contributed by atoms with Gasteiger partial charge >= 0.3 is 0 Å². The first-order chi connectivity index (χ1) is 8.55. The third-order valence-corrected chi connectivity index (χ3v) is 4.10. The number of para-hydroxylation sites is 1. The summed E-state index contributed by atoms with van der Waals surface area (Å²) in [6.07, 6.45) is 0. The number of nitrogens with zero attached hydrogens (tertiary/aromatic N) is 2. The van der Waals surface area contributed by atoms with Crippen molar-refractivity contribution in [2.24, 2.45) is 10.8 Å². The van der Waals surface area contributed by atoms with Crippen LogP contribution in [-0.2, 0) is 9.67 Å². The van der Waals surface area contributed by atoms with Crippen molar-refractivity contribution in [2.75, 3.05) is 5.32 Å². The van der Waals surface area contributed by atoms with E-state index in [9.17, 15) is 9.90 Å². The molecule has 8 heteroatoms. The average Bonchev–Trinajstić information content (AvgIpc) is 2.69. The summed E-state index contributed by atoms with van der Waals surface area (Å²) in [6.45, 7) is 1.75. The summed E-state index contributed by atoms with van der Waals surface area (Å²) in [5.74, 6) is -0.629. The first-order valence-electron chi connectivity index (χ1n) is 5.30. The van der Waals surface area contributed by atoms with Crippen LogP contribution < -0.4 is 16.2 Å². The summed E-state index contributed by atoms with van der Waals surface area (Å²) < 4.78 is 1.37. The van der Waals surface area contributed by atoms with Gasteiger partial charge in [0.15, 0.2) is 0 Å². The Bertz CT molecular complexity index is 628. The van der Waals surface area contributed by atoms with Crippen molar-refractivity contribution < 1.29 is 20.1 Å². The monoisotopic (exact) mass is 280 g/mol. The van der Waals surface area contributed by atoms with Gasteiger partial charge in [-0.25, -0.2) is 5.32 Å². The zero-order valence-corrected chi connectivity index (χ0v) is 10.8. The minimum absolute atomic E-state index is 0. The maximum Gasteiger partial charge on any atom is 0.274 e. The second-order valence-corrected chi connectivity index (χ2v) is 5.25. The summed E-state index contributed by atoms with van der Waals surface area (Å²) in [5.41, 5.74) is 6.99. The number of hydrogen-bond donors (Lipinski definition) is 2. The molecule has 2 heterocycles. The van der Waals surface area contributed by atoms with Gasteiger partial charge in [0.1, 0.15) is 11.7 Å². The van der Waals surface area contributed by atoms with Crippen molar-refractivity contribution in [3.05, 3.63) is 29.8 Å². The van der Waals surface area contributed by atoms with Gasteiger partial charge in [0.2, 0.25) is 5.17 Å². The van der Waals surface area contributed by atoms with E-state index in [4.69, 9.17) is 5.73 Å². The summed E-state index contributed by atoms with van der Waals surface area (Å²) in [6, 6.07) is 7.16. The van der Waals surface area contributed by atoms with Gasteiger partial charge in [-0.3, -0.25) is 0 Å². The van der Waals surface area contributed by atoms with Crippen molar-refractivity contribution in [2.45, 2.75) is 11.8 Å². The summed E-state index contributed by atoms with van der Waals surface area (Å²) in [5, 5.41) is 19.0. The number of anilines is 1. The maximum absolute atomic E-state index is 11.7. The van der Waals surface area contributed by atoms with Crippen LogP contribution in [0.5, 0.6) is 0 Å². The highest BCUT2D eigenvalue weighted by Gasteiger charge is 2.54. The Morgan fingerprint density at radius 3 is 2.89 bits per heavy atom. The van der Waals surface area contributed by atoms with Gasteiger partial charge in [-0.05, 0) is 23.9 Å². The van der Waals surface area contributed by atoms with Crippen molar-refractivity contribution in [3.8, 4) is 0 Å². The summed E-state index contributed by atoms with van der Waals surface area (Å²) in [4.78, 5) is 10.3. The van der Waals surface area contributed by atoms with Gasteiger partial charge in [-0.15, -0.1) is 4.68 Å². The molecule has 0 spiro atoms. The van der Waals surface area contributed by atoms with E-state index in [1.807, 2.05) is 12.1 Å². The van der Waals surface area contributed by atoms with Gasteiger partial charge < -0.3 is 21.1 Å². The van der Waals surface area contributed by atoms with Crippen LogP contribution >= 0.6 is 11.8 Å². The number of nitrogens with one attached hydrogen (secondary N) is 1. The van der Waals surface area contributed by atoms with E-state index in [0.717, 1.165) is 17.4 Å². The Kier molecular flexibility index (Phi) is 2.99. The number of benzene rings is 1. The molecule has 2 aliphatic heterocycles. The lowest BCUT2D eigenvalue weighted by Crippen LogP contribution is -2.52. The Hall–Kier alpha value is -2.06. The second-order valence-electron chi connectivity index (χ2n) is 4.04. The summed E-state index contributed by atoms with van der Waals surface area (Å²) >= 11 is 0.982. The van der Waals surface area contributed by atoms with Crippen LogP contribution in [0, 0.1) is 0 Å². The van der Waals surface area contributed by atoms with Gasteiger partial charge in [0.05, 0.1) is 5.56 Å². The van der Waals surface area contributed by atoms with E-state index >= 15 is 0 Å². The van der Waals surface area contributed by atoms with Gasteiger partial charge in [0.25, 0.3) is 10.7 Å². The number of fused-ring (bicyclic) bond motifs is 3. The highest BCUT2D eigenvalue weighted by Crippen LogP contribution is 2.46. The zero-order valence-electron chi connectivity index (χ0n) is 10.0. The number of carbonyl (C=O) groups excluding carboxylic acids is 1. The fraction of sp³-hybridized carbons (Fsp3) is 0.182. The normalized spacial score (nSPS) is 23.7. The largest absolute Gasteiger partial charge is 0.544 e. The molecule has 1 atom stereocenters. The molecule has 2 aliphatic rings. The molecule has 3 rings (SSSR count). The molecular formula is C11H12N4O3S. The molecule has 0 aromatic heterocycles. The molecule has 19 heavy (non-hydrogen) atoms. The molecule has 0 saturated carbocycles. The number of carboxylic acid groups (broad SMARTS) is 1. The van der Waals surface area contributed by atoms with Crippen LogP contribution in [0.4, 0.5) is 5.69 Å². The molecule has 7 nitrogen and oxygen atoms in total. The van der Waals surface area contributed by atoms with Crippen LogP contribution in [0.15, 0.2) is 29.4 Å². The fourth-order valence-electron chi connectivity index (χ4n) is 2.24. The molecule has 0 saturated heterocycles. The molecule has 0 amide bonds. The van der Waals surface area contributed by atoms with E-state index in [2.05, 4.69) is 10.4 Å². The van der Waals surface area contributed by atoms with E-state index in [1.165, 1.54) is 4.68 Å². The molecule has 0 aliphatic carbocycles. The number of aliphatic carboxylic acids is 1. The highest BCUT2D eigenvalue weighted by atomic mass is 32.2. The number of carbonyl (C=O) groups is 1. The Morgan fingerprint density at radius 2 is 2.21 bits per heavy atom. The van der Waals surface area contributed by atoms with Crippen molar-refractivity contribution in [3.63, 3.8) is 0 Å². The van der Waals surface area contributed by atoms with Gasteiger partial charge in [-0.2, -0.15) is 0 Å². The Morgan fingerprint density at radius 1 is 1.53 bits per heavy atom. The first kappa shape index (κ1) is 13.4. The van der Waals surface area contributed by atoms with Crippen molar-refractivity contribution in [1.29, 1.82) is 0 Å². The Labute approximate surface area is 113 Å². The van der Waals surface area contributed by atoms with E-state index in [0.29, 0.717) is 11.4 Å². The predicted octanol–water partition coefficient (Wildman–Crippen LogP) is -1.40. The van der Waals surface area contributed by atoms with Crippen LogP contribution in [0.3, 0.4) is 0 Å². The number of hydrazone groups is 1. The molecule has 5 N–H and O–H groups in total. The minimum Gasteiger partial charge on any atom is -0.544 e. The maximum atomic E-state index is 11.7. The predicted molar refractivity (Wildman–Crippen MR) is 70.5 cm³/mol. The van der Waals surface area contributed by atoms with Crippen LogP contribution in [0.1, 0.15) is 12.5 Å². The lowest BCUT2D eigenvalue weighted by Gasteiger charge is -2.31. The molecule has 0 radical (unpaired) electrons. The van der Waals surface area contributed by atoms with Crippen LogP contribution in [0.25, 0.3) is 0 Å². The average molecular weight is 280 g/mol. The first-order valence-corrected chi connectivity index (χ1v) is 6.12. The molecule has 0 bridgehead atoms. The van der Waals surface area contributed by atoms with Gasteiger partial charge in [-0.1, -0.05) is 17.2 Å². The zero-order chi connectivity index (χ0) is 12.9. The SMILES string of the molecule is CC1=[N+]2N=C(N)S[C@@]2(C(=O)[O-])c2ccccc2N1.O.